The summed E-state index contributed by atoms with van der Waals surface area (Å²) in [5, 5.41) is 7.00. The van der Waals surface area contributed by atoms with Crippen molar-refractivity contribution in [2.45, 2.75) is 26.4 Å². The largest absolute Gasteiger partial charge is 0.490 e. The van der Waals surface area contributed by atoms with Crippen molar-refractivity contribution in [3.8, 4) is 17.1 Å². The molecule has 1 unspecified atom stereocenters. The van der Waals surface area contributed by atoms with Crippen LogP contribution in [0.5, 0.6) is 5.75 Å². The van der Waals surface area contributed by atoms with Gasteiger partial charge in [-0.3, -0.25) is 5.10 Å². The highest BCUT2D eigenvalue weighted by atomic mass is 16.5. The minimum atomic E-state index is 0.277. The van der Waals surface area contributed by atoms with Crippen LogP contribution in [0.15, 0.2) is 18.2 Å². The topological polar surface area (TPSA) is 50.8 Å². The molecule has 4 heteroatoms. The first-order valence-electron chi connectivity index (χ1n) is 5.41. The molecule has 0 saturated carbocycles. The number of nitrogens with one attached hydrogen (secondary N) is 1. The maximum absolute atomic E-state index is 5.65. The Labute approximate surface area is 93.7 Å². The fourth-order valence-corrected chi connectivity index (χ4v) is 2.03. The lowest BCUT2D eigenvalue weighted by molar-refractivity contribution is 0.254. The molecule has 82 valence electrons. The quantitative estimate of drug-likeness (QED) is 0.792. The molecule has 2 heterocycles. The lowest BCUT2D eigenvalue weighted by Crippen LogP contribution is -2.05. The van der Waals surface area contributed by atoms with E-state index in [1.54, 1.807) is 0 Å². The lowest BCUT2D eigenvalue weighted by Gasteiger charge is -2.02. The maximum Gasteiger partial charge on any atom is 0.181 e. The highest BCUT2D eigenvalue weighted by Crippen LogP contribution is 2.31. The molecule has 3 rings (SSSR count). The Morgan fingerprint density at radius 1 is 1.44 bits per heavy atom. The van der Waals surface area contributed by atoms with Gasteiger partial charge in [-0.1, -0.05) is 0 Å². The molecule has 0 amide bonds. The number of benzene rings is 1. The van der Waals surface area contributed by atoms with E-state index in [-0.39, 0.29) is 6.10 Å². The minimum absolute atomic E-state index is 0.277. The van der Waals surface area contributed by atoms with Gasteiger partial charge in [0.25, 0.3) is 0 Å². The van der Waals surface area contributed by atoms with Crippen LogP contribution in [0.25, 0.3) is 11.4 Å². The zero-order valence-electron chi connectivity index (χ0n) is 9.32. The summed E-state index contributed by atoms with van der Waals surface area (Å²) in [6.07, 6.45) is 1.24. The molecule has 1 aliphatic heterocycles. The Morgan fingerprint density at radius 2 is 2.31 bits per heavy atom. The number of fused-ring (bicyclic) bond motifs is 1. The number of rotatable bonds is 1. The van der Waals surface area contributed by atoms with E-state index in [0.29, 0.717) is 0 Å². The molecule has 1 aromatic carbocycles. The fraction of sp³-hybridized carbons (Fsp3) is 0.333. The number of ether oxygens (including phenoxy) is 1. The van der Waals surface area contributed by atoms with Gasteiger partial charge in [0.2, 0.25) is 0 Å². The highest BCUT2D eigenvalue weighted by molar-refractivity contribution is 5.59. The van der Waals surface area contributed by atoms with Crippen LogP contribution in [0.4, 0.5) is 0 Å². The van der Waals surface area contributed by atoms with Crippen LogP contribution in [0.3, 0.4) is 0 Å². The van der Waals surface area contributed by atoms with Crippen molar-refractivity contribution in [1.82, 2.24) is 15.2 Å². The van der Waals surface area contributed by atoms with Crippen molar-refractivity contribution in [2.75, 3.05) is 0 Å². The van der Waals surface area contributed by atoms with E-state index in [0.717, 1.165) is 29.4 Å². The first kappa shape index (κ1) is 9.39. The Hall–Kier alpha value is -1.84. The third-order valence-corrected chi connectivity index (χ3v) is 2.75. The molecule has 1 atom stereocenters. The second-order valence-corrected chi connectivity index (χ2v) is 4.20. The number of hydrogen-bond acceptors (Lipinski definition) is 3. The average Bonchev–Trinajstić information content (AvgIpc) is 2.81. The summed E-state index contributed by atoms with van der Waals surface area (Å²) >= 11 is 0. The maximum atomic E-state index is 5.65. The molecular formula is C12H13N3O. The zero-order chi connectivity index (χ0) is 11.1. The van der Waals surface area contributed by atoms with Gasteiger partial charge in [-0.2, -0.15) is 5.10 Å². The molecule has 0 spiro atoms. The number of aromatic nitrogens is 3. The van der Waals surface area contributed by atoms with Gasteiger partial charge in [-0.25, -0.2) is 4.98 Å². The molecular weight excluding hydrogens is 202 g/mol. The van der Waals surface area contributed by atoms with Crippen molar-refractivity contribution < 1.29 is 4.74 Å². The first-order chi connectivity index (χ1) is 7.72. The van der Waals surface area contributed by atoms with Gasteiger partial charge in [0, 0.05) is 12.0 Å². The fourth-order valence-electron chi connectivity index (χ4n) is 2.03. The summed E-state index contributed by atoms with van der Waals surface area (Å²) in [7, 11) is 0. The summed E-state index contributed by atoms with van der Waals surface area (Å²) in [6.45, 7) is 3.98. The van der Waals surface area contributed by atoms with E-state index in [1.807, 2.05) is 19.1 Å². The Balaban J connectivity index is 2.02. The van der Waals surface area contributed by atoms with Crippen molar-refractivity contribution >= 4 is 0 Å². The molecule has 4 nitrogen and oxygen atoms in total. The molecule has 0 aliphatic carbocycles. The monoisotopic (exact) mass is 215 g/mol. The smallest absolute Gasteiger partial charge is 0.181 e. The Bertz CT molecular complexity index is 533. The van der Waals surface area contributed by atoms with Crippen molar-refractivity contribution in [3.63, 3.8) is 0 Å². The van der Waals surface area contributed by atoms with Crippen LogP contribution < -0.4 is 4.74 Å². The molecule has 1 N–H and O–H groups in total. The summed E-state index contributed by atoms with van der Waals surface area (Å²) in [6, 6.07) is 6.11. The van der Waals surface area contributed by atoms with Crippen molar-refractivity contribution in [1.29, 1.82) is 0 Å². The molecule has 0 radical (unpaired) electrons. The normalized spacial score (nSPS) is 18.2. The van der Waals surface area contributed by atoms with Crippen LogP contribution in [-0.4, -0.2) is 21.3 Å². The summed E-state index contributed by atoms with van der Waals surface area (Å²) in [5.74, 6) is 2.57. The second kappa shape index (κ2) is 3.33. The SMILES string of the molecule is Cc1nc(-c2ccc3c(c2)CC(C)O3)n[nH]1. The first-order valence-corrected chi connectivity index (χ1v) is 5.41. The molecule has 16 heavy (non-hydrogen) atoms. The second-order valence-electron chi connectivity index (χ2n) is 4.20. The minimum Gasteiger partial charge on any atom is -0.490 e. The molecule has 0 bridgehead atoms. The average molecular weight is 215 g/mol. The van der Waals surface area contributed by atoms with Crippen LogP contribution >= 0.6 is 0 Å². The number of aromatic amines is 1. The molecule has 1 aromatic heterocycles. The summed E-state index contributed by atoms with van der Waals surface area (Å²) in [5.41, 5.74) is 2.29. The van der Waals surface area contributed by atoms with Gasteiger partial charge >= 0.3 is 0 Å². The van der Waals surface area contributed by atoms with Gasteiger partial charge in [0.15, 0.2) is 5.82 Å². The van der Waals surface area contributed by atoms with E-state index in [9.17, 15) is 0 Å². The van der Waals surface area contributed by atoms with Crippen LogP contribution in [0.1, 0.15) is 18.3 Å². The van der Waals surface area contributed by atoms with Gasteiger partial charge in [-0.05, 0) is 37.6 Å². The van der Waals surface area contributed by atoms with Crippen LogP contribution in [0, 0.1) is 6.92 Å². The Morgan fingerprint density at radius 3 is 3.06 bits per heavy atom. The van der Waals surface area contributed by atoms with Gasteiger partial charge in [-0.15, -0.1) is 0 Å². The van der Waals surface area contributed by atoms with Crippen LogP contribution in [-0.2, 0) is 6.42 Å². The third kappa shape index (κ3) is 1.46. The highest BCUT2D eigenvalue weighted by Gasteiger charge is 2.19. The number of aryl methyl sites for hydroxylation is 1. The summed E-state index contributed by atoms with van der Waals surface area (Å²) in [4.78, 5) is 4.32. The predicted molar refractivity (Wildman–Crippen MR) is 60.3 cm³/mol. The van der Waals surface area contributed by atoms with Gasteiger partial charge < -0.3 is 4.74 Å². The molecule has 0 fully saturated rings. The standard InChI is InChI=1S/C12H13N3O/c1-7-5-10-6-9(3-4-11(10)16-7)12-13-8(2)14-15-12/h3-4,6-7H,5H2,1-2H3,(H,13,14,15). The van der Waals surface area contributed by atoms with E-state index in [1.165, 1.54) is 5.56 Å². The lowest BCUT2D eigenvalue weighted by atomic mass is 10.1. The van der Waals surface area contributed by atoms with Crippen molar-refractivity contribution in [2.24, 2.45) is 0 Å². The molecule has 2 aromatic rings. The number of nitrogens with zero attached hydrogens (tertiary/aromatic N) is 2. The van der Waals surface area contributed by atoms with Crippen molar-refractivity contribution in [3.05, 3.63) is 29.6 Å². The van der Waals surface area contributed by atoms with E-state index < -0.39 is 0 Å². The van der Waals surface area contributed by atoms with Gasteiger partial charge in [0.1, 0.15) is 17.7 Å². The van der Waals surface area contributed by atoms with E-state index in [2.05, 4.69) is 28.2 Å². The predicted octanol–water partition coefficient (Wildman–Crippen LogP) is 2.10. The number of H-pyrrole nitrogens is 1. The Kier molecular flexibility index (Phi) is 1.96. The van der Waals surface area contributed by atoms with Crippen LogP contribution in [0.2, 0.25) is 0 Å². The third-order valence-electron chi connectivity index (χ3n) is 2.75. The van der Waals surface area contributed by atoms with E-state index in [4.69, 9.17) is 4.74 Å². The summed E-state index contributed by atoms with van der Waals surface area (Å²) < 4.78 is 5.65. The number of hydrogen-bond donors (Lipinski definition) is 1. The molecule has 0 saturated heterocycles. The molecule has 1 aliphatic rings. The van der Waals surface area contributed by atoms with Gasteiger partial charge in [0.05, 0.1) is 0 Å². The van der Waals surface area contributed by atoms with E-state index >= 15 is 0 Å². The zero-order valence-corrected chi connectivity index (χ0v) is 9.32.